The van der Waals surface area contributed by atoms with Gasteiger partial charge >= 0.3 is 0 Å². The van der Waals surface area contributed by atoms with Gasteiger partial charge in [-0.05, 0) is 23.9 Å². The van der Waals surface area contributed by atoms with E-state index in [1.807, 2.05) is 0 Å². The second-order valence-electron chi connectivity index (χ2n) is 3.67. The molecule has 1 atom stereocenters. The molecule has 0 nitrogen and oxygen atoms in total. The van der Waals surface area contributed by atoms with E-state index in [1.165, 1.54) is 16.0 Å². The van der Waals surface area contributed by atoms with E-state index in [4.69, 9.17) is 11.6 Å². The molecule has 1 heterocycles. The van der Waals surface area contributed by atoms with Crippen molar-refractivity contribution in [3.8, 4) is 0 Å². The van der Waals surface area contributed by atoms with Crippen LogP contribution in [0.2, 0.25) is 0 Å². The predicted octanol–water partition coefficient (Wildman–Crippen LogP) is 4.58. The Morgan fingerprint density at radius 3 is 2.80 bits per heavy atom. The van der Waals surface area contributed by atoms with Gasteiger partial charge in [0, 0.05) is 11.3 Å². The Labute approximate surface area is 99.5 Å². The van der Waals surface area contributed by atoms with Crippen LogP contribution in [0.5, 0.6) is 0 Å². The molecule has 2 heteroatoms. The minimum absolute atomic E-state index is 0.0866. The Balaban J connectivity index is 2.11. The zero-order valence-corrected chi connectivity index (χ0v) is 10.2. The lowest BCUT2D eigenvalue weighted by molar-refractivity contribution is 0.936. The Kier molecular flexibility index (Phi) is 3.45. The van der Waals surface area contributed by atoms with Crippen molar-refractivity contribution in [2.75, 3.05) is 0 Å². The molecule has 0 aliphatic heterocycles. The molecular formula is C13H13ClS. The first kappa shape index (κ1) is 10.7. The summed E-state index contributed by atoms with van der Waals surface area (Å²) < 4.78 is 0. The predicted molar refractivity (Wildman–Crippen MR) is 67.8 cm³/mol. The van der Waals surface area contributed by atoms with Crippen molar-refractivity contribution in [3.05, 3.63) is 57.8 Å². The zero-order valence-electron chi connectivity index (χ0n) is 8.61. The van der Waals surface area contributed by atoms with Gasteiger partial charge in [-0.3, -0.25) is 0 Å². The van der Waals surface area contributed by atoms with Crippen LogP contribution in [0.1, 0.15) is 21.4 Å². The normalized spacial score (nSPS) is 12.7. The number of benzene rings is 1. The molecule has 1 aromatic heterocycles. The first-order valence-electron chi connectivity index (χ1n) is 4.99. The van der Waals surface area contributed by atoms with E-state index in [0.29, 0.717) is 0 Å². The van der Waals surface area contributed by atoms with Crippen molar-refractivity contribution in [1.82, 2.24) is 0 Å². The van der Waals surface area contributed by atoms with E-state index in [-0.39, 0.29) is 5.38 Å². The summed E-state index contributed by atoms with van der Waals surface area (Å²) in [6.45, 7) is 2.10. The maximum atomic E-state index is 6.38. The van der Waals surface area contributed by atoms with Crippen molar-refractivity contribution in [2.24, 2.45) is 0 Å². The molecule has 2 rings (SSSR count). The number of aryl methyl sites for hydroxylation is 1. The molecule has 0 N–H and O–H groups in total. The van der Waals surface area contributed by atoms with Crippen LogP contribution in [0.25, 0.3) is 0 Å². The first-order chi connectivity index (χ1) is 7.25. The van der Waals surface area contributed by atoms with E-state index in [1.54, 1.807) is 11.3 Å². The molecule has 0 saturated carbocycles. The maximum absolute atomic E-state index is 6.38. The summed E-state index contributed by atoms with van der Waals surface area (Å²) in [5.74, 6) is 0. The average molecular weight is 237 g/mol. The third-order valence-corrected chi connectivity index (χ3v) is 3.67. The zero-order chi connectivity index (χ0) is 10.7. The van der Waals surface area contributed by atoms with Crippen LogP contribution >= 0.6 is 22.9 Å². The highest BCUT2D eigenvalue weighted by Gasteiger charge is 2.09. The van der Waals surface area contributed by atoms with Crippen LogP contribution in [0.15, 0.2) is 41.8 Å². The summed E-state index contributed by atoms with van der Waals surface area (Å²) in [7, 11) is 0. The fourth-order valence-electron chi connectivity index (χ4n) is 1.59. The topological polar surface area (TPSA) is 0 Å². The lowest BCUT2D eigenvalue weighted by Crippen LogP contribution is -1.94. The van der Waals surface area contributed by atoms with Crippen molar-refractivity contribution in [1.29, 1.82) is 0 Å². The standard InChI is InChI=1S/C13H13ClS/c1-10-4-2-5-11(8-10)13(14)9-12-6-3-7-15-12/h2-8,13H,9H2,1H3. The smallest absolute Gasteiger partial charge is 0.0633 e. The summed E-state index contributed by atoms with van der Waals surface area (Å²) in [6, 6.07) is 12.6. The summed E-state index contributed by atoms with van der Waals surface area (Å²) in [4.78, 5) is 1.34. The number of alkyl halides is 1. The second-order valence-corrected chi connectivity index (χ2v) is 5.22. The summed E-state index contributed by atoms with van der Waals surface area (Å²) in [5.41, 5.74) is 2.48. The Morgan fingerprint density at radius 1 is 1.27 bits per heavy atom. The third kappa shape index (κ3) is 2.83. The third-order valence-electron chi connectivity index (χ3n) is 2.36. The fourth-order valence-corrected chi connectivity index (χ4v) is 2.73. The fraction of sp³-hybridized carbons (Fsp3) is 0.231. The Hall–Kier alpha value is -0.790. The maximum Gasteiger partial charge on any atom is 0.0633 e. The van der Waals surface area contributed by atoms with Crippen LogP contribution in [0.4, 0.5) is 0 Å². The lowest BCUT2D eigenvalue weighted by atomic mass is 10.1. The molecule has 0 spiro atoms. The molecule has 0 aliphatic carbocycles. The van der Waals surface area contributed by atoms with Gasteiger partial charge in [0.2, 0.25) is 0 Å². The van der Waals surface area contributed by atoms with E-state index < -0.39 is 0 Å². The van der Waals surface area contributed by atoms with Gasteiger partial charge in [-0.2, -0.15) is 0 Å². The number of thiophene rings is 1. The lowest BCUT2D eigenvalue weighted by Gasteiger charge is -2.09. The largest absolute Gasteiger partial charge is 0.149 e. The number of halogens is 1. The molecule has 0 fully saturated rings. The van der Waals surface area contributed by atoms with Gasteiger partial charge < -0.3 is 0 Å². The van der Waals surface area contributed by atoms with E-state index in [2.05, 4.69) is 48.7 Å². The molecule has 0 saturated heterocycles. The monoisotopic (exact) mass is 236 g/mol. The molecular weight excluding hydrogens is 224 g/mol. The number of hydrogen-bond acceptors (Lipinski definition) is 1. The van der Waals surface area contributed by atoms with Gasteiger partial charge in [-0.1, -0.05) is 35.9 Å². The minimum atomic E-state index is 0.0866. The van der Waals surface area contributed by atoms with Gasteiger partial charge in [0.05, 0.1) is 5.38 Å². The van der Waals surface area contributed by atoms with Crippen molar-refractivity contribution >= 4 is 22.9 Å². The summed E-state index contributed by atoms with van der Waals surface area (Å²) >= 11 is 8.14. The summed E-state index contributed by atoms with van der Waals surface area (Å²) in [6.07, 6.45) is 0.919. The van der Waals surface area contributed by atoms with Crippen LogP contribution in [0.3, 0.4) is 0 Å². The molecule has 0 radical (unpaired) electrons. The first-order valence-corrected chi connectivity index (χ1v) is 6.30. The second kappa shape index (κ2) is 4.82. The molecule has 1 aromatic carbocycles. The van der Waals surface area contributed by atoms with Crippen LogP contribution in [-0.4, -0.2) is 0 Å². The highest BCUT2D eigenvalue weighted by Crippen LogP contribution is 2.27. The van der Waals surface area contributed by atoms with Crippen molar-refractivity contribution in [3.63, 3.8) is 0 Å². The average Bonchev–Trinajstić information content (AvgIpc) is 2.70. The SMILES string of the molecule is Cc1cccc(C(Cl)Cc2cccs2)c1. The van der Waals surface area contributed by atoms with E-state index in [9.17, 15) is 0 Å². The quantitative estimate of drug-likeness (QED) is 0.685. The van der Waals surface area contributed by atoms with Crippen LogP contribution in [0, 0.1) is 6.92 Å². The van der Waals surface area contributed by atoms with E-state index >= 15 is 0 Å². The number of hydrogen-bond donors (Lipinski definition) is 0. The minimum Gasteiger partial charge on any atom is -0.149 e. The van der Waals surface area contributed by atoms with Gasteiger partial charge in [0.25, 0.3) is 0 Å². The van der Waals surface area contributed by atoms with Gasteiger partial charge in [0.15, 0.2) is 0 Å². The van der Waals surface area contributed by atoms with Crippen LogP contribution < -0.4 is 0 Å². The van der Waals surface area contributed by atoms with Gasteiger partial charge in [-0.25, -0.2) is 0 Å². The molecule has 78 valence electrons. The Morgan fingerprint density at radius 2 is 2.13 bits per heavy atom. The van der Waals surface area contributed by atoms with Gasteiger partial charge in [0.1, 0.15) is 0 Å². The summed E-state index contributed by atoms with van der Waals surface area (Å²) in [5, 5.41) is 2.18. The molecule has 15 heavy (non-hydrogen) atoms. The molecule has 0 amide bonds. The molecule has 1 unspecified atom stereocenters. The Bertz CT molecular complexity index is 420. The van der Waals surface area contributed by atoms with Crippen molar-refractivity contribution < 1.29 is 0 Å². The molecule has 0 aliphatic rings. The van der Waals surface area contributed by atoms with E-state index in [0.717, 1.165) is 6.42 Å². The number of rotatable bonds is 3. The highest BCUT2D eigenvalue weighted by molar-refractivity contribution is 7.09. The highest BCUT2D eigenvalue weighted by atomic mass is 35.5. The van der Waals surface area contributed by atoms with Crippen LogP contribution in [-0.2, 0) is 6.42 Å². The molecule has 0 bridgehead atoms. The van der Waals surface area contributed by atoms with Gasteiger partial charge in [-0.15, -0.1) is 22.9 Å². The molecule has 2 aromatic rings. The van der Waals surface area contributed by atoms with Crippen molar-refractivity contribution in [2.45, 2.75) is 18.7 Å².